The number of carbonyl (C=O) groups is 1. The molecule has 4 nitrogen and oxygen atoms in total. The first-order valence-electron chi connectivity index (χ1n) is 7.73. The van der Waals surface area contributed by atoms with Crippen LogP contribution in [-0.4, -0.2) is 18.2 Å². The van der Waals surface area contributed by atoms with Crippen LogP contribution in [0.4, 0.5) is 0 Å². The molecule has 1 aromatic heterocycles. The third-order valence-electron chi connectivity index (χ3n) is 2.92. The van der Waals surface area contributed by atoms with Crippen LogP contribution >= 0.6 is 23.2 Å². The van der Waals surface area contributed by atoms with Crippen LogP contribution in [0.25, 0.3) is 0 Å². The van der Waals surface area contributed by atoms with Gasteiger partial charge in [0.15, 0.2) is 5.76 Å². The number of carbonyl (C=O) groups excluding carboxylic acids is 1. The van der Waals surface area contributed by atoms with E-state index >= 15 is 0 Å². The van der Waals surface area contributed by atoms with Gasteiger partial charge in [-0.3, -0.25) is 0 Å². The summed E-state index contributed by atoms with van der Waals surface area (Å²) in [7, 11) is 1.33. The topological polar surface area (TPSA) is 52.3 Å². The summed E-state index contributed by atoms with van der Waals surface area (Å²) >= 11 is 11.6. The van der Waals surface area contributed by atoms with Crippen molar-refractivity contribution in [3.8, 4) is 0 Å². The maximum Gasteiger partial charge on any atom is 0.343 e. The van der Waals surface area contributed by atoms with Crippen molar-refractivity contribution in [3.63, 3.8) is 0 Å². The Morgan fingerprint density at radius 1 is 1.46 bits per heavy atom. The summed E-state index contributed by atoms with van der Waals surface area (Å²) in [6, 6.07) is 0. The van der Waals surface area contributed by atoms with E-state index < -0.39 is 5.97 Å². The van der Waals surface area contributed by atoms with Gasteiger partial charge in [0, 0.05) is 16.5 Å². The van der Waals surface area contributed by atoms with Gasteiger partial charge in [-0.2, -0.15) is 0 Å². The van der Waals surface area contributed by atoms with Gasteiger partial charge in [-0.25, -0.2) is 4.79 Å². The maximum atomic E-state index is 11.1. The van der Waals surface area contributed by atoms with Crippen molar-refractivity contribution in [2.75, 3.05) is 7.11 Å². The number of rotatable bonds is 6. The molecule has 0 saturated carbocycles. The summed E-state index contributed by atoms with van der Waals surface area (Å²) in [6.45, 7) is 7.89. The van der Waals surface area contributed by atoms with E-state index in [0.29, 0.717) is 11.3 Å². The lowest BCUT2D eigenvalue weighted by Crippen LogP contribution is -2.03. The first kappa shape index (κ1) is 22.5. The number of aromatic nitrogens is 1. The molecule has 24 heavy (non-hydrogen) atoms. The fraction of sp³-hybridized carbons (Fsp3) is 0.444. The van der Waals surface area contributed by atoms with Crippen LogP contribution in [0.3, 0.4) is 0 Å². The Balaban J connectivity index is 0.000000441. The van der Waals surface area contributed by atoms with Gasteiger partial charge < -0.3 is 9.26 Å². The van der Waals surface area contributed by atoms with E-state index in [-0.39, 0.29) is 5.92 Å². The summed E-state index contributed by atoms with van der Waals surface area (Å²) in [6.07, 6.45) is 9.04. The number of ether oxygens (including phenoxy) is 1. The van der Waals surface area contributed by atoms with E-state index in [0.717, 1.165) is 23.4 Å². The van der Waals surface area contributed by atoms with Crippen LogP contribution in [0.15, 0.2) is 45.1 Å². The normalized spacial score (nSPS) is 12.3. The predicted octanol–water partition coefficient (Wildman–Crippen LogP) is 6.19. The van der Waals surface area contributed by atoms with Gasteiger partial charge in [0.1, 0.15) is 5.56 Å². The van der Waals surface area contributed by atoms with Crippen molar-refractivity contribution in [1.82, 2.24) is 5.16 Å². The lowest BCUT2D eigenvalue weighted by molar-refractivity contribution is 0.0597. The molecular weight excluding hydrogens is 349 g/mol. The molecule has 1 aromatic rings. The third kappa shape index (κ3) is 7.84. The molecule has 0 N–H and O–H groups in total. The number of methoxy groups -OCH3 is 1. The number of hydrogen-bond acceptors (Lipinski definition) is 4. The average molecular weight is 374 g/mol. The number of halogens is 2. The SMILES string of the molecule is COC(=O)c1cnoc1C(C)C.C\C=C/C=C(Cl)\C(=C\Cl)CCC. The van der Waals surface area contributed by atoms with E-state index in [1.807, 2.05) is 39.0 Å². The molecule has 0 bridgehead atoms. The predicted molar refractivity (Wildman–Crippen MR) is 99.5 cm³/mol. The molecular formula is C18H25Cl2NO3. The van der Waals surface area contributed by atoms with E-state index in [2.05, 4.69) is 16.8 Å². The smallest absolute Gasteiger partial charge is 0.343 e. The van der Waals surface area contributed by atoms with Crippen molar-refractivity contribution in [3.05, 3.63) is 51.9 Å². The molecule has 0 spiro atoms. The average Bonchev–Trinajstić information content (AvgIpc) is 3.07. The maximum absolute atomic E-state index is 11.1. The first-order valence-corrected chi connectivity index (χ1v) is 8.55. The number of nitrogens with zero attached hydrogens (tertiary/aromatic N) is 1. The van der Waals surface area contributed by atoms with Crippen LogP contribution in [-0.2, 0) is 4.74 Å². The Morgan fingerprint density at radius 3 is 2.58 bits per heavy atom. The van der Waals surface area contributed by atoms with Crippen molar-refractivity contribution in [2.24, 2.45) is 0 Å². The van der Waals surface area contributed by atoms with E-state index in [1.165, 1.54) is 13.3 Å². The van der Waals surface area contributed by atoms with Crippen LogP contribution < -0.4 is 0 Å². The highest BCUT2D eigenvalue weighted by Gasteiger charge is 2.18. The minimum atomic E-state index is -0.403. The summed E-state index contributed by atoms with van der Waals surface area (Å²) in [5, 5.41) is 4.26. The van der Waals surface area contributed by atoms with Gasteiger partial charge >= 0.3 is 5.97 Å². The highest BCUT2D eigenvalue weighted by atomic mass is 35.5. The molecule has 1 rings (SSSR count). The van der Waals surface area contributed by atoms with Gasteiger partial charge in [0.2, 0.25) is 0 Å². The summed E-state index contributed by atoms with van der Waals surface area (Å²) in [4.78, 5) is 11.1. The zero-order valence-corrected chi connectivity index (χ0v) is 16.3. The molecule has 6 heteroatoms. The molecule has 0 unspecified atom stereocenters. The van der Waals surface area contributed by atoms with Gasteiger partial charge in [0.05, 0.1) is 13.3 Å². The van der Waals surface area contributed by atoms with E-state index in [4.69, 9.17) is 27.7 Å². The minimum absolute atomic E-state index is 0.140. The molecule has 134 valence electrons. The number of esters is 1. The van der Waals surface area contributed by atoms with Gasteiger partial charge in [-0.1, -0.05) is 67.7 Å². The quantitative estimate of drug-likeness (QED) is 0.440. The number of allylic oxidation sites excluding steroid dienone is 5. The Hall–Kier alpha value is -1.52. The molecule has 0 aliphatic heterocycles. The molecule has 0 aliphatic rings. The highest BCUT2D eigenvalue weighted by molar-refractivity contribution is 6.34. The van der Waals surface area contributed by atoms with Crippen LogP contribution in [0.2, 0.25) is 0 Å². The monoisotopic (exact) mass is 373 g/mol. The lowest BCUT2D eigenvalue weighted by atomic mass is 10.1. The van der Waals surface area contributed by atoms with Gasteiger partial charge in [-0.05, 0) is 25.0 Å². The van der Waals surface area contributed by atoms with E-state index in [9.17, 15) is 4.79 Å². The standard InChI is InChI=1S/C10H14Cl2.C8H11NO3/c1-3-5-7-10(12)9(8-11)6-4-2;1-5(2)7-6(4-9-12-7)8(10)11-3/h3,5,7-8H,4,6H2,1-2H3;4-5H,1-3H3/b5-3-,9-8+,10-7+;. The van der Waals surface area contributed by atoms with Gasteiger partial charge in [-0.15, -0.1) is 0 Å². The van der Waals surface area contributed by atoms with E-state index in [1.54, 1.807) is 5.54 Å². The van der Waals surface area contributed by atoms with Crippen LogP contribution in [0, 0.1) is 0 Å². The fourth-order valence-electron chi connectivity index (χ4n) is 1.71. The third-order valence-corrected chi connectivity index (χ3v) is 3.55. The second-order valence-corrected chi connectivity index (χ2v) is 5.80. The minimum Gasteiger partial charge on any atom is -0.465 e. The largest absolute Gasteiger partial charge is 0.465 e. The van der Waals surface area contributed by atoms with Gasteiger partial charge in [0.25, 0.3) is 0 Å². The molecule has 0 saturated heterocycles. The highest BCUT2D eigenvalue weighted by Crippen LogP contribution is 2.21. The second kappa shape index (κ2) is 12.8. The Labute approximate surface area is 154 Å². The van der Waals surface area contributed by atoms with Crippen LogP contribution in [0.5, 0.6) is 0 Å². The Bertz CT molecular complexity index is 587. The summed E-state index contributed by atoms with van der Waals surface area (Å²) in [5.41, 5.74) is 2.96. The Kier molecular flexibility index (Phi) is 12.0. The number of hydrogen-bond donors (Lipinski definition) is 0. The summed E-state index contributed by atoms with van der Waals surface area (Å²) < 4.78 is 9.44. The molecule has 0 radical (unpaired) electrons. The zero-order chi connectivity index (χ0) is 18.5. The lowest BCUT2D eigenvalue weighted by Gasteiger charge is -2.00. The van der Waals surface area contributed by atoms with Crippen molar-refractivity contribution in [1.29, 1.82) is 0 Å². The first-order chi connectivity index (χ1) is 11.4. The molecule has 1 heterocycles. The van der Waals surface area contributed by atoms with Crippen molar-refractivity contribution < 1.29 is 14.1 Å². The Morgan fingerprint density at radius 2 is 2.12 bits per heavy atom. The molecule has 0 aliphatic carbocycles. The van der Waals surface area contributed by atoms with Crippen LogP contribution in [0.1, 0.15) is 62.6 Å². The fourth-order valence-corrected chi connectivity index (χ4v) is 2.22. The van der Waals surface area contributed by atoms with Crippen molar-refractivity contribution in [2.45, 2.75) is 46.5 Å². The van der Waals surface area contributed by atoms with Crippen molar-refractivity contribution >= 4 is 29.2 Å². The zero-order valence-electron chi connectivity index (χ0n) is 14.8. The second-order valence-electron chi connectivity index (χ2n) is 5.17. The molecule has 0 atom stereocenters. The molecule has 0 aromatic carbocycles. The summed E-state index contributed by atoms with van der Waals surface area (Å²) in [5.74, 6) is 0.309. The molecule has 0 fully saturated rings. The molecule has 0 amide bonds.